The molecule has 8 heteroatoms. The molecule has 1 aromatic rings. The van der Waals surface area contributed by atoms with Crippen molar-refractivity contribution in [1.29, 1.82) is 0 Å². The predicted octanol–water partition coefficient (Wildman–Crippen LogP) is 2.19. The predicted molar refractivity (Wildman–Crippen MR) is 92.6 cm³/mol. The molecule has 0 saturated carbocycles. The molecule has 138 valence electrons. The highest BCUT2D eigenvalue weighted by Gasteiger charge is 2.13. The van der Waals surface area contributed by atoms with Gasteiger partial charge in [0.1, 0.15) is 0 Å². The molecule has 0 aliphatic rings. The number of amides is 1. The average molecular weight is 352 g/mol. The van der Waals surface area contributed by atoms with Crippen LogP contribution in [0.5, 0.6) is 0 Å². The maximum Gasteiger partial charge on any atom is 0.411 e. The number of carbonyl (C=O) groups is 3. The first-order chi connectivity index (χ1) is 12.0. The lowest BCUT2D eigenvalue weighted by atomic mass is 10.2. The number of anilines is 2. The van der Waals surface area contributed by atoms with Crippen molar-refractivity contribution in [2.75, 3.05) is 44.1 Å². The first-order valence-electron chi connectivity index (χ1n) is 7.92. The van der Waals surface area contributed by atoms with Crippen molar-refractivity contribution in [3.63, 3.8) is 0 Å². The van der Waals surface area contributed by atoms with Gasteiger partial charge in [0.05, 0.1) is 33.7 Å². The van der Waals surface area contributed by atoms with Gasteiger partial charge in [0.2, 0.25) is 0 Å². The van der Waals surface area contributed by atoms with Gasteiger partial charge in [-0.2, -0.15) is 0 Å². The van der Waals surface area contributed by atoms with Crippen molar-refractivity contribution in [1.82, 2.24) is 0 Å². The third kappa shape index (κ3) is 7.56. The smallest absolute Gasteiger partial charge is 0.411 e. The van der Waals surface area contributed by atoms with E-state index < -0.39 is 6.09 Å². The molecule has 0 aromatic heterocycles. The zero-order chi connectivity index (χ0) is 18.7. The number of rotatable bonds is 9. The minimum atomic E-state index is -0.546. The summed E-state index contributed by atoms with van der Waals surface area (Å²) < 4.78 is 14.2. The van der Waals surface area contributed by atoms with E-state index in [9.17, 15) is 14.4 Å². The fourth-order valence-electron chi connectivity index (χ4n) is 2.09. The maximum atomic E-state index is 11.5. The topological polar surface area (TPSA) is 94.2 Å². The lowest BCUT2D eigenvalue weighted by Crippen LogP contribution is -2.29. The van der Waals surface area contributed by atoms with E-state index in [1.54, 1.807) is 25.1 Å². The molecule has 0 saturated heterocycles. The Morgan fingerprint density at radius 2 is 1.64 bits per heavy atom. The molecule has 0 aliphatic carbocycles. The SMILES string of the molecule is CCOC(=O)Nc1cccc(N(CCC(=O)OC)CCC(=O)OC)c1. The van der Waals surface area contributed by atoms with Crippen molar-refractivity contribution < 1.29 is 28.6 Å². The van der Waals surface area contributed by atoms with Crippen molar-refractivity contribution >= 4 is 29.4 Å². The van der Waals surface area contributed by atoms with Gasteiger partial charge in [0.25, 0.3) is 0 Å². The molecule has 0 atom stereocenters. The number of nitrogens with zero attached hydrogens (tertiary/aromatic N) is 1. The van der Waals surface area contributed by atoms with Gasteiger partial charge < -0.3 is 19.1 Å². The van der Waals surface area contributed by atoms with Crippen LogP contribution in [0.4, 0.5) is 16.2 Å². The van der Waals surface area contributed by atoms with E-state index in [-0.39, 0.29) is 31.4 Å². The van der Waals surface area contributed by atoms with Crippen molar-refractivity contribution in [2.24, 2.45) is 0 Å². The quantitative estimate of drug-likeness (QED) is 0.538. The highest BCUT2D eigenvalue weighted by molar-refractivity contribution is 5.85. The Kier molecular flexibility index (Phi) is 8.84. The summed E-state index contributed by atoms with van der Waals surface area (Å²) in [4.78, 5) is 36.2. The monoisotopic (exact) mass is 352 g/mol. The largest absolute Gasteiger partial charge is 0.469 e. The van der Waals surface area contributed by atoms with Crippen molar-refractivity contribution in [3.05, 3.63) is 24.3 Å². The van der Waals surface area contributed by atoms with Gasteiger partial charge in [0.15, 0.2) is 0 Å². The Bertz CT molecular complexity index is 570. The lowest BCUT2D eigenvalue weighted by molar-refractivity contribution is -0.140. The molecular formula is C17H24N2O6. The maximum absolute atomic E-state index is 11.5. The minimum absolute atomic E-state index is 0.174. The van der Waals surface area contributed by atoms with E-state index in [4.69, 9.17) is 4.74 Å². The number of nitrogens with one attached hydrogen (secondary N) is 1. The minimum Gasteiger partial charge on any atom is -0.469 e. The van der Waals surface area contributed by atoms with Gasteiger partial charge in [-0.25, -0.2) is 4.79 Å². The Hall–Kier alpha value is -2.77. The van der Waals surface area contributed by atoms with Crippen LogP contribution in [0.3, 0.4) is 0 Å². The standard InChI is InChI=1S/C17H24N2O6/c1-4-25-17(22)18-13-6-5-7-14(12-13)19(10-8-15(20)23-2)11-9-16(21)24-3/h5-7,12H,4,8-11H2,1-3H3,(H,18,22). The third-order valence-corrected chi connectivity index (χ3v) is 3.36. The molecule has 0 bridgehead atoms. The number of carbonyl (C=O) groups excluding carboxylic acids is 3. The number of methoxy groups -OCH3 is 2. The zero-order valence-corrected chi connectivity index (χ0v) is 14.7. The zero-order valence-electron chi connectivity index (χ0n) is 14.7. The Morgan fingerprint density at radius 3 is 2.16 bits per heavy atom. The fraction of sp³-hybridized carbons (Fsp3) is 0.471. The van der Waals surface area contributed by atoms with Crippen molar-refractivity contribution in [3.8, 4) is 0 Å². The van der Waals surface area contributed by atoms with Gasteiger partial charge in [-0.05, 0) is 25.1 Å². The van der Waals surface area contributed by atoms with E-state index in [2.05, 4.69) is 14.8 Å². The number of hydrogen-bond acceptors (Lipinski definition) is 7. The second kappa shape index (κ2) is 10.9. The molecule has 0 heterocycles. The van der Waals surface area contributed by atoms with Crippen LogP contribution in [0.15, 0.2) is 24.3 Å². The first-order valence-corrected chi connectivity index (χ1v) is 7.92. The van der Waals surface area contributed by atoms with E-state index >= 15 is 0 Å². The van der Waals surface area contributed by atoms with Crippen LogP contribution in [-0.4, -0.2) is 51.9 Å². The highest BCUT2D eigenvalue weighted by atomic mass is 16.5. The molecule has 0 spiro atoms. The van der Waals surface area contributed by atoms with E-state index in [0.29, 0.717) is 18.8 Å². The van der Waals surface area contributed by atoms with Gasteiger partial charge in [-0.15, -0.1) is 0 Å². The van der Waals surface area contributed by atoms with Crippen LogP contribution < -0.4 is 10.2 Å². The number of hydrogen-bond donors (Lipinski definition) is 1. The summed E-state index contributed by atoms with van der Waals surface area (Å²) in [6, 6.07) is 7.05. The Balaban J connectivity index is 2.85. The normalized spacial score (nSPS) is 9.88. The molecule has 0 fully saturated rings. The van der Waals surface area contributed by atoms with Crippen LogP contribution in [-0.2, 0) is 23.8 Å². The summed E-state index contributed by atoms with van der Waals surface area (Å²) in [5.74, 6) is -0.687. The lowest BCUT2D eigenvalue weighted by Gasteiger charge is -2.24. The highest BCUT2D eigenvalue weighted by Crippen LogP contribution is 2.20. The summed E-state index contributed by atoms with van der Waals surface area (Å²) in [6.07, 6.45) is -0.198. The van der Waals surface area contributed by atoms with Gasteiger partial charge >= 0.3 is 18.0 Å². The van der Waals surface area contributed by atoms with E-state index in [0.717, 1.165) is 5.69 Å². The Morgan fingerprint density at radius 1 is 1.04 bits per heavy atom. The summed E-state index contributed by atoms with van der Waals surface area (Å²) in [7, 11) is 2.65. The summed E-state index contributed by atoms with van der Waals surface area (Å²) in [5.41, 5.74) is 1.30. The van der Waals surface area contributed by atoms with Gasteiger partial charge in [0, 0.05) is 24.5 Å². The molecule has 1 N–H and O–H groups in total. The van der Waals surface area contributed by atoms with Crippen LogP contribution in [0.2, 0.25) is 0 Å². The van der Waals surface area contributed by atoms with Crippen molar-refractivity contribution in [2.45, 2.75) is 19.8 Å². The third-order valence-electron chi connectivity index (χ3n) is 3.36. The summed E-state index contributed by atoms with van der Waals surface area (Å²) in [5, 5.41) is 2.62. The van der Waals surface area contributed by atoms with Crippen LogP contribution in [0, 0.1) is 0 Å². The van der Waals surface area contributed by atoms with Gasteiger partial charge in [-0.1, -0.05) is 6.07 Å². The second-order valence-corrected chi connectivity index (χ2v) is 5.04. The molecule has 1 amide bonds. The molecule has 0 unspecified atom stereocenters. The van der Waals surface area contributed by atoms with E-state index in [1.165, 1.54) is 14.2 Å². The van der Waals surface area contributed by atoms with E-state index in [1.807, 2.05) is 11.0 Å². The summed E-state index contributed by atoms with van der Waals surface area (Å²) >= 11 is 0. The molecular weight excluding hydrogens is 328 g/mol. The van der Waals surface area contributed by atoms with Gasteiger partial charge in [-0.3, -0.25) is 14.9 Å². The molecule has 25 heavy (non-hydrogen) atoms. The molecule has 1 rings (SSSR count). The fourth-order valence-corrected chi connectivity index (χ4v) is 2.09. The number of benzene rings is 1. The molecule has 1 aromatic carbocycles. The molecule has 8 nitrogen and oxygen atoms in total. The van der Waals surface area contributed by atoms with Crippen LogP contribution >= 0.6 is 0 Å². The number of esters is 2. The number of ether oxygens (including phenoxy) is 3. The van der Waals surface area contributed by atoms with Crippen LogP contribution in [0.1, 0.15) is 19.8 Å². The van der Waals surface area contributed by atoms with Crippen LogP contribution in [0.25, 0.3) is 0 Å². The Labute approximate surface area is 147 Å². The molecule has 0 aliphatic heterocycles. The average Bonchev–Trinajstić information content (AvgIpc) is 2.61. The molecule has 0 radical (unpaired) electrons. The first kappa shape index (κ1) is 20.3. The summed E-state index contributed by atoms with van der Waals surface area (Å²) in [6.45, 7) is 2.73. The second-order valence-electron chi connectivity index (χ2n) is 5.04.